The van der Waals surface area contributed by atoms with Gasteiger partial charge in [-0.2, -0.15) is 0 Å². The number of fused-ring (bicyclic) bond motifs is 1. The smallest absolute Gasteiger partial charge is 0.238 e. The van der Waals surface area contributed by atoms with Gasteiger partial charge in [0.2, 0.25) is 5.91 Å². The van der Waals surface area contributed by atoms with Gasteiger partial charge in [0.05, 0.1) is 5.52 Å². The van der Waals surface area contributed by atoms with Gasteiger partial charge in [0.1, 0.15) is 5.25 Å². The van der Waals surface area contributed by atoms with E-state index in [1.807, 2.05) is 79.0 Å². The standard InChI is InChI=1S/C25H22N2OS/c28-25(27-18-16-20-12-7-11-19-13-8-17-26-23(19)20)24(21-9-3-1-4-10-21)29-22-14-5-2-6-15-22/h1-15,17,24H,16,18H2,(H,27,28). The van der Waals surface area contributed by atoms with Gasteiger partial charge in [-0.05, 0) is 35.7 Å². The molecule has 144 valence electrons. The van der Waals surface area contributed by atoms with Crippen LogP contribution in [-0.2, 0) is 11.2 Å². The van der Waals surface area contributed by atoms with Crippen LogP contribution in [0.2, 0.25) is 0 Å². The van der Waals surface area contributed by atoms with Crippen LogP contribution >= 0.6 is 11.8 Å². The number of aromatic nitrogens is 1. The van der Waals surface area contributed by atoms with Crippen LogP contribution in [0.15, 0.2) is 102 Å². The van der Waals surface area contributed by atoms with Gasteiger partial charge in [0.25, 0.3) is 0 Å². The number of benzene rings is 3. The SMILES string of the molecule is O=C(NCCc1cccc2cccnc12)C(Sc1ccccc1)c1ccccc1. The number of nitrogens with zero attached hydrogens (tertiary/aromatic N) is 1. The molecule has 1 aromatic heterocycles. The average Bonchev–Trinajstić information content (AvgIpc) is 2.79. The predicted molar refractivity (Wildman–Crippen MR) is 120 cm³/mol. The molecule has 0 saturated heterocycles. The van der Waals surface area contributed by atoms with Gasteiger partial charge in [-0.15, -0.1) is 11.8 Å². The Labute approximate surface area is 175 Å². The van der Waals surface area contributed by atoms with Crippen molar-refractivity contribution >= 4 is 28.6 Å². The molecule has 0 fully saturated rings. The van der Waals surface area contributed by atoms with E-state index in [0.717, 1.165) is 33.3 Å². The third-order valence-corrected chi connectivity index (χ3v) is 6.01. The van der Waals surface area contributed by atoms with E-state index in [1.54, 1.807) is 11.8 Å². The van der Waals surface area contributed by atoms with Crippen LogP contribution < -0.4 is 5.32 Å². The van der Waals surface area contributed by atoms with Gasteiger partial charge in [-0.3, -0.25) is 9.78 Å². The first-order valence-corrected chi connectivity index (χ1v) is 10.6. The van der Waals surface area contributed by atoms with Crippen LogP contribution in [0.25, 0.3) is 10.9 Å². The summed E-state index contributed by atoms with van der Waals surface area (Å²) in [5.41, 5.74) is 3.16. The number of rotatable bonds is 7. The number of thioether (sulfide) groups is 1. The van der Waals surface area contributed by atoms with E-state index >= 15 is 0 Å². The number of hydrogen-bond acceptors (Lipinski definition) is 3. The van der Waals surface area contributed by atoms with Gasteiger partial charge in [-0.1, -0.05) is 72.8 Å². The zero-order valence-corrected chi connectivity index (χ0v) is 16.8. The number of carbonyl (C=O) groups excluding carboxylic acids is 1. The van der Waals surface area contributed by atoms with E-state index in [1.165, 1.54) is 0 Å². The molecule has 3 nitrogen and oxygen atoms in total. The number of pyridine rings is 1. The molecule has 0 aliphatic rings. The number of carbonyl (C=O) groups is 1. The Hall–Kier alpha value is -3.11. The van der Waals surface area contributed by atoms with E-state index in [0.29, 0.717) is 6.54 Å². The summed E-state index contributed by atoms with van der Waals surface area (Å²) < 4.78 is 0. The summed E-state index contributed by atoms with van der Waals surface area (Å²) >= 11 is 1.57. The molecule has 4 heteroatoms. The molecule has 1 atom stereocenters. The van der Waals surface area contributed by atoms with Crippen molar-refractivity contribution < 1.29 is 4.79 Å². The number of hydrogen-bond donors (Lipinski definition) is 1. The second-order valence-corrected chi connectivity index (χ2v) is 7.93. The molecule has 0 bridgehead atoms. The van der Waals surface area contributed by atoms with E-state index in [4.69, 9.17) is 0 Å². The lowest BCUT2D eigenvalue weighted by Crippen LogP contribution is -2.29. The monoisotopic (exact) mass is 398 g/mol. The highest BCUT2D eigenvalue weighted by Crippen LogP contribution is 2.35. The molecule has 0 aliphatic carbocycles. The van der Waals surface area contributed by atoms with Crippen LogP contribution in [0.3, 0.4) is 0 Å². The average molecular weight is 399 g/mol. The van der Waals surface area contributed by atoms with Crippen molar-refractivity contribution in [2.24, 2.45) is 0 Å². The first-order chi connectivity index (χ1) is 14.3. The summed E-state index contributed by atoms with van der Waals surface area (Å²) in [6, 6.07) is 30.2. The predicted octanol–water partition coefficient (Wildman–Crippen LogP) is 5.43. The third kappa shape index (κ3) is 4.84. The highest BCUT2D eigenvalue weighted by Gasteiger charge is 2.21. The normalized spacial score (nSPS) is 11.9. The van der Waals surface area contributed by atoms with Gasteiger partial charge in [-0.25, -0.2) is 0 Å². The van der Waals surface area contributed by atoms with Gasteiger partial charge in [0.15, 0.2) is 0 Å². The highest BCUT2D eigenvalue weighted by molar-refractivity contribution is 8.00. The molecule has 0 spiro atoms. The molecule has 4 aromatic rings. The summed E-state index contributed by atoms with van der Waals surface area (Å²) in [6.45, 7) is 0.577. The lowest BCUT2D eigenvalue weighted by atomic mass is 10.1. The fourth-order valence-electron chi connectivity index (χ4n) is 3.32. The van der Waals surface area contributed by atoms with Crippen molar-refractivity contribution in [3.8, 4) is 0 Å². The van der Waals surface area contributed by atoms with Crippen molar-refractivity contribution in [1.29, 1.82) is 0 Å². The summed E-state index contributed by atoms with van der Waals surface area (Å²) in [7, 11) is 0. The van der Waals surface area contributed by atoms with Crippen LogP contribution in [-0.4, -0.2) is 17.4 Å². The van der Waals surface area contributed by atoms with Crippen molar-refractivity contribution in [2.45, 2.75) is 16.6 Å². The molecule has 0 radical (unpaired) electrons. The van der Waals surface area contributed by atoms with Gasteiger partial charge < -0.3 is 5.32 Å². The maximum Gasteiger partial charge on any atom is 0.238 e. The topological polar surface area (TPSA) is 42.0 Å². The molecule has 4 rings (SSSR count). The van der Waals surface area contributed by atoms with Gasteiger partial charge in [0, 0.05) is 23.0 Å². The third-order valence-electron chi connectivity index (χ3n) is 4.75. The Bertz CT molecular complexity index is 1080. The Kier molecular flexibility index (Phi) is 6.22. The minimum atomic E-state index is -0.288. The fourth-order valence-corrected chi connectivity index (χ4v) is 4.39. The number of amides is 1. The first-order valence-electron chi connectivity index (χ1n) is 9.68. The maximum absolute atomic E-state index is 13.1. The molecule has 3 aromatic carbocycles. The van der Waals surface area contributed by atoms with E-state index in [9.17, 15) is 4.79 Å². The highest BCUT2D eigenvalue weighted by atomic mass is 32.2. The fraction of sp³-hybridized carbons (Fsp3) is 0.120. The van der Waals surface area contributed by atoms with Gasteiger partial charge >= 0.3 is 0 Å². The Morgan fingerprint density at radius 1 is 0.862 bits per heavy atom. The lowest BCUT2D eigenvalue weighted by molar-refractivity contribution is -0.120. The summed E-state index contributed by atoms with van der Waals surface area (Å²) in [5, 5.41) is 3.96. The quantitative estimate of drug-likeness (QED) is 0.422. The van der Waals surface area contributed by atoms with Crippen LogP contribution in [0.4, 0.5) is 0 Å². The minimum absolute atomic E-state index is 0.0262. The molecule has 0 aliphatic heterocycles. The van der Waals surface area contributed by atoms with Crippen LogP contribution in [0.5, 0.6) is 0 Å². The minimum Gasteiger partial charge on any atom is -0.354 e. The second-order valence-electron chi connectivity index (χ2n) is 6.75. The molecule has 1 N–H and O–H groups in total. The zero-order chi connectivity index (χ0) is 19.9. The molecule has 1 unspecified atom stereocenters. The zero-order valence-electron chi connectivity index (χ0n) is 16.0. The molecule has 1 heterocycles. The first kappa shape index (κ1) is 19.2. The van der Waals surface area contributed by atoms with Crippen molar-refractivity contribution in [2.75, 3.05) is 6.54 Å². The molecular formula is C25H22N2OS. The maximum atomic E-state index is 13.1. The Morgan fingerprint density at radius 3 is 2.38 bits per heavy atom. The molecule has 29 heavy (non-hydrogen) atoms. The number of nitrogens with one attached hydrogen (secondary N) is 1. The molecule has 0 saturated carbocycles. The largest absolute Gasteiger partial charge is 0.354 e. The van der Waals surface area contributed by atoms with Crippen molar-refractivity contribution in [3.63, 3.8) is 0 Å². The van der Waals surface area contributed by atoms with E-state index < -0.39 is 0 Å². The Balaban J connectivity index is 1.46. The van der Waals surface area contributed by atoms with Crippen LogP contribution in [0, 0.1) is 0 Å². The van der Waals surface area contributed by atoms with Crippen molar-refractivity contribution in [1.82, 2.24) is 10.3 Å². The Morgan fingerprint density at radius 2 is 1.59 bits per heavy atom. The van der Waals surface area contributed by atoms with E-state index in [-0.39, 0.29) is 11.2 Å². The second kappa shape index (κ2) is 9.39. The summed E-state index contributed by atoms with van der Waals surface area (Å²) in [6.07, 6.45) is 2.56. The summed E-state index contributed by atoms with van der Waals surface area (Å²) in [5.74, 6) is 0.0262. The lowest BCUT2D eigenvalue weighted by Gasteiger charge is -2.17. The molecular weight excluding hydrogens is 376 g/mol. The van der Waals surface area contributed by atoms with Crippen LogP contribution in [0.1, 0.15) is 16.4 Å². The summed E-state index contributed by atoms with van der Waals surface area (Å²) in [4.78, 5) is 18.6. The van der Waals surface area contributed by atoms with Crippen molar-refractivity contribution in [3.05, 3.63) is 108 Å². The van der Waals surface area contributed by atoms with E-state index in [2.05, 4.69) is 28.5 Å². The number of para-hydroxylation sites is 1. The molecule has 1 amide bonds.